The van der Waals surface area contributed by atoms with Crippen LogP contribution in [0.3, 0.4) is 0 Å². The summed E-state index contributed by atoms with van der Waals surface area (Å²) in [5, 5.41) is 0.0601. The van der Waals surface area contributed by atoms with E-state index in [9.17, 15) is 14.4 Å². The maximum Gasteiger partial charge on any atom is 0.338 e. The van der Waals surface area contributed by atoms with Crippen LogP contribution in [-0.4, -0.2) is 46.7 Å². The molecule has 0 aliphatic rings. The fourth-order valence-electron chi connectivity index (χ4n) is 2.69. The summed E-state index contributed by atoms with van der Waals surface area (Å²) < 4.78 is 5.17. The normalized spacial score (nSPS) is 11.9. The lowest BCUT2D eigenvalue weighted by atomic mass is 10.1. The number of alkyl halides is 1. The van der Waals surface area contributed by atoms with Crippen molar-refractivity contribution in [2.24, 2.45) is 0 Å². The summed E-state index contributed by atoms with van der Waals surface area (Å²) in [7, 11) is 1.67. The molecular formula is C20H17Cl2N3O4. The van der Waals surface area contributed by atoms with Gasteiger partial charge in [0.05, 0.1) is 11.3 Å². The fourth-order valence-corrected chi connectivity index (χ4v) is 3.03. The Bertz CT molecular complexity index is 1100. The molecule has 0 saturated heterocycles. The van der Waals surface area contributed by atoms with Crippen molar-refractivity contribution in [2.45, 2.75) is 12.3 Å². The Morgan fingerprint density at radius 1 is 1.24 bits per heavy atom. The number of carbonyl (C=O) groups is 3. The maximum absolute atomic E-state index is 12.3. The van der Waals surface area contributed by atoms with Crippen molar-refractivity contribution in [3.8, 4) is 0 Å². The molecular weight excluding hydrogens is 417 g/mol. The third-order valence-electron chi connectivity index (χ3n) is 4.35. The molecule has 7 nitrogen and oxygen atoms in total. The van der Waals surface area contributed by atoms with E-state index in [4.69, 9.17) is 27.9 Å². The van der Waals surface area contributed by atoms with Crippen LogP contribution in [-0.2, 0) is 9.53 Å². The van der Waals surface area contributed by atoms with Gasteiger partial charge >= 0.3 is 5.97 Å². The van der Waals surface area contributed by atoms with Gasteiger partial charge in [0.25, 0.3) is 0 Å². The number of nitrogens with one attached hydrogen (secondary N) is 1. The van der Waals surface area contributed by atoms with Gasteiger partial charge < -0.3 is 14.6 Å². The predicted octanol–water partition coefficient (Wildman–Crippen LogP) is 3.85. The van der Waals surface area contributed by atoms with E-state index in [0.717, 1.165) is 5.39 Å². The van der Waals surface area contributed by atoms with E-state index in [1.807, 2.05) is 0 Å². The third-order valence-corrected chi connectivity index (χ3v) is 4.91. The number of anilines is 1. The van der Waals surface area contributed by atoms with Gasteiger partial charge in [-0.15, -0.1) is 11.6 Å². The minimum Gasteiger partial charge on any atom is -0.460 e. The molecule has 1 amide bonds. The lowest BCUT2D eigenvalue weighted by Gasteiger charge is -2.13. The molecule has 150 valence electrons. The number of ether oxygens (including phenoxy) is 1. The first-order valence-electron chi connectivity index (χ1n) is 8.60. The van der Waals surface area contributed by atoms with Gasteiger partial charge in [-0.25, -0.2) is 4.79 Å². The van der Waals surface area contributed by atoms with Gasteiger partial charge in [-0.3, -0.25) is 14.6 Å². The van der Waals surface area contributed by atoms with Gasteiger partial charge in [0.2, 0.25) is 11.7 Å². The highest BCUT2D eigenvalue weighted by Gasteiger charge is 2.22. The van der Waals surface area contributed by atoms with Crippen molar-refractivity contribution in [1.82, 2.24) is 9.97 Å². The zero-order valence-corrected chi connectivity index (χ0v) is 17.1. The minimum absolute atomic E-state index is 0.100. The summed E-state index contributed by atoms with van der Waals surface area (Å²) >= 11 is 11.9. The Kier molecular flexibility index (Phi) is 6.20. The third kappa shape index (κ3) is 4.58. The van der Waals surface area contributed by atoms with E-state index in [-0.39, 0.29) is 23.8 Å². The van der Waals surface area contributed by atoms with Gasteiger partial charge in [-0.05, 0) is 30.3 Å². The zero-order valence-electron chi connectivity index (χ0n) is 15.6. The number of Topliss-reactive ketones (excluding diaryl/α,β-unsaturated/α-hetero) is 1. The second kappa shape index (κ2) is 8.63. The van der Waals surface area contributed by atoms with Crippen molar-refractivity contribution >= 4 is 57.5 Å². The van der Waals surface area contributed by atoms with Crippen LogP contribution in [0.15, 0.2) is 42.7 Å². The average molecular weight is 434 g/mol. The van der Waals surface area contributed by atoms with Crippen molar-refractivity contribution < 1.29 is 19.1 Å². The number of ketones is 1. The molecule has 0 bridgehead atoms. The number of hydrogen-bond donors (Lipinski definition) is 1. The number of hydrogen-bond acceptors (Lipinski definition) is 5. The second-order valence-corrected chi connectivity index (χ2v) is 7.27. The van der Waals surface area contributed by atoms with Crippen LogP contribution in [0.4, 0.5) is 5.69 Å². The molecule has 0 spiro atoms. The molecule has 1 unspecified atom stereocenters. The number of nitrogens with zero attached hydrogens (tertiary/aromatic N) is 2. The summed E-state index contributed by atoms with van der Waals surface area (Å²) in [5.41, 5.74) is 1.76. The molecule has 0 aliphatic heterocycles. The molecule has 1 aromatic carbocycles. The van der Waals surface area contributed by atoms with Crippen LogP contribution < -0.4 is 4.90 Å². The quantitative estimate of drug-likeness (QED) is 0.362. The lowest BCUT2D eigenvalue weighted by molar-refractivity contribution is -0.116. The highest BCUT2D eigenvalue weighted by Crippen LogP contribution is 2.27. The fraction of sp³-hybridized carbons (Fsp3) is 0.200. The average Bonchev–Trinajstić information content (AvgIpc) is 3.13. The first-order chi connectivity index (χ1) is 13.8. The molecule has 3 aromatic rings. The molecule has 29 heavy (non-hydrogen) atoms. The summed E-state index contributed by atoms with van der Waals surface area (Å²) in [4.78, 5) is 44.6. The van der Waals surface area contributed by atoms with E-state index in [1.54, 1.807) is 31.4 Å². The number of benzene rings is 1. The Morgan fingerprint density at radius 2 is 2.00 bits per heavy atom. The molecule has 2 aromatic heterocycles. The van der Waals surface area contributed by atoms with Gasteiger partial charge in [0.15, 0.2) is 0 Å². The van der Waals surface area contributed by atoms with Crippen molar-refractivity contribution in [3.63, 3.8) is 0 Å². The van der Waals surface area contributed by atoms with E-state index in [2.05, 4.69) is 9.97 Å². The summed E-state index contributed by atoms with van der Waals surface area (Å²) in [6, 6.07) is 7.85. The van der Waals surface area contributed by atoms with E-state index < -0.39 is 17.1 Å². The smallest absolute Gasteiger partial charge is 0.338 e. The number of amides is 1. The Hall–Kier alpha value is -2.90. The van der Waals surface area contributed by atoms with Gasteiger partial charge in [-0.2, -0.15) is 0 Å². The predicted molar refractivity (Wildman–Crippen MR) is 111 cm³/mol. The largest absolute Gasteiger partial charge is 0.460 e. The first kappa shape index (κ1) is 20.8. The minimum atomic E-state index is -1.09. The molecule has 3 rings (SSSR count). The van der Waals surface area contributed by atoms with Crippen LogP contribution >= 0.6 is 23.2 Å². The van der Waals surface area contributed by atoms with Crippen LogP contribution in [0, 0.1) is 0 Å². The Labute approximate surface area is 176 Å². The van der Waals surface area contributed by atoms with Gasteiger partial charge in [0, 0.05) is 42.3 Å². The first-order valence-corrected chi connectivity index (χ1v) is 9.41. The monoisotopic (exact) mass is 433 g/mol. The molecule has 0 fully saturated rings. The topological polar surface area (TPSA) is 92.4 Å². The number of H-pyrrole nitrogens is 1. The molecule has 2 heterocycles. The van der Waals surface area contributed by atoms with E-state index in [0.29, 0.717) is 16.2 Å². The van der Waals surface area contributed by atoms with E-state index >= 15 is 0 Å². The number of halogens is 2. The Morgan fingerprint density at radius 3 is 2.69 bits per heavy atom. The zero-order chi connectivity index (χ0) is 21.1. The van der Waals surface area contributed by atoms with Crippen molar-refractivity contribution in [1.29, 1.82) is 0 Å². The number of rotatable bonds is 6. The van der Waals surface area contributed by atoms with Crippen molar-refractivity contribution in [2.75, 3.05) is 18.6 Å². The lowest BCUT2D eigenvalue weighted by Crippen LogP contribution is -2.23. The Balaban J connectivity index is 1.68. The second-order valence-electron chi connectivity index (χ2n) is 6.30. The number of fused-ring (bicyclic) bond motifs is 1. The van der Waals surface area contributed by atoms with E-state index in [1.165, 1.54) is 30.2 Å². The van der Waals surface area contributed by atoms with Gasteiger partial charge in [-0.1, -0.05) is 11.6 Å². The molecule has 0 radical (unpaired) electrons. The highest BCUT2D eigenvalue weighted by atomic mass is 35.5. The molecule has 1 atom stereocenters. The van der Waals surface area contributed by atoms with Crippen LogP contribution in [0.1, 0.15) is 27.8 Å². The number of aromatic nitrogens is 2. The summed E-state index contributed by atoms with van der Waals surface area (Å²) in [6.07, 6.45) is 3.08. The molecule has 1 N–H and O–H groups in total. The molecule has 9 heteroatoms. The molecule has 0 saturated carbocycles. The van der Waals surface area contributed by atoms with Crippen molar-refractivity contribution in [3.05, 3.63) is 59.0 Å². The number of carbonyl (C=O) groups excluding carboxylic acids is 3. The van der Waals surface area contributed by atoms with Gasteiger partial charge in [0.1, 0.15) is 17.7 Å². The summed E-state index contributed by atoms with van der Waals surface area (Å²) in [5.74, 6) is -1.22. The van der Waals surface area contributed by atoms with Crippen LogP contribution in [0.2, 0.25) is 5.02 Å². The number of esters is 1. The highest BCUT2D eigenvalue weighted by molar-refractivity contribution is 6.34. The number of aromatic amines is 1. The molecule has 0 aliphatic carbocycles. The summed E-state index contributed by atoms with van der Waals surface area (Å²) in [6.45, 7) is 1.15. The standard InChI is InChI=1S/C20H17Cl2N3O4/c1-11(26)25(2)18-9-24-16-7-12(3-4-14(16)18)20(28)29-10-15(22)19(27)17-8-13(21)5-6-23-17/h3-9,15,24H,10H2,1-2H3. The van der Waals surface area contributed by atoms with Crippen LogP contribution in [0.25, 0.3) is 10.9 Å². The SMILES string of the molecule is CC(=O)N(C)c1c[nH]c2cc(C(=O)OCC(Cl)C(=O)c3cc(Cl)ccn3)ccc12. The number of pyridine rings is 1. The van der Waals surface area contributed by atoms with Crippen LogP contribution in [0.5, 0.6) is 0 Å². The maximum atomic E-state index is 12.3.